The molecule has 1 N–H and O–H groups in total. The van der Waals surface area contributed by atoms with Gasteiger partial charge in [0.25, 0.3) is 0 Å². The molecule has 2 nitrogen and oxygen atoms in total. The van der Waals surface area contributed by atoms with Crippen LogP contribution in [0.1, 0.15) is 39.2 Å². The second-order valence-corrected chi connectivity index (χ2v) is 8.02. The van der Waals surface area contributed by atoms with Gasteiger partial charge < -0.3 is 9.73 Å². The van der Waals surface area contributed by atoms with Crippen molar-refractivity contribution in [2.75, 3.05) is 6.54 Å². The second-order valence-electron chi connectivity index (χ2n) is 8.02. The first kappa shape index (κ1) is 16.2. The molecule has 1 unspecified atom stereocenters. The molecule has 1 heterocycles. The Morgan fingerprint density at radius 2 is 1.64 bits per heavy atom. The Morgan fingerprint density at radius 3 is 2.40 bits per heavy atom. The molecule has 0 radical (unpaired) electrons. The lowest BCUT2D eigenvalue weighted by Gasteiger charge is -2.24. The van der Waals surface area contributed by atoms with Gasteiger partial charge in [0.15, 0.2) is 0 Å². The van der Waals surface area contributed by atoms with Crippen molar-refractivity contribution < 1.29 is 4.42 Å². The Balaban J connectivity index is 1.96. The van der Waals surface area contributed by atoms with Gasteiger partial charge in [-0.2, -0.15) is 0 Å². The molecular weight excluding hydrogens is 306 g/mol. The van der Waals surface area contributed by atoms with Crippen LogP contribution < -0.4 is 5.32 Å². The van der Waals surface area contributed by atoms with Gasteiger partial charge in [-0.05, 0) is 49.6 Å². The Hall–Kier alpha value is -2.32. The maximum Gasteiger partial charge on any atom is 0.139 e. The van der Waals surface area contributed by atoms with Crippen LogP contribution in [0.15, 0.2) is 59.0 Å². The normalized spacial score (nSPS) is 13.8. The van der Waals surface area contributed by atoms with E-state index < -0.39 is 0 Å². The number of hydrogen-bond acceptors (Lipinski definition) is 2. The molecule has 0 bridgehead atoms. The summed E-state index contributed by atoms with van der Waals surface area (Å²) in [6.07, 6.45) is 0. The fraction of sp³-hybridized carbons (Fsp3) is 0.304. The molecule has 1 aromatic heterocycles. The molecule has 0 saturated carbocycles. The third kappa shape index (κ3) is 2.91. The summed E-state index contributed by atoms with van der Waals surface area (Å²) in [6, 6.07) is 19.3. The predicted octanol–water partition coefficient (Wildman–Crippen LogP) is 6.23. The van der Waals surface area contributed by atoms with Crippen molar-refractivity contribution in [1.82, 2.24) is 5.32 Å². The minimum atomic E-state index is 0.109. The summed E-state index contributed by atoms with van der Waals surface area (Å²) in [4.78, 5) is 0. The van der Waals surface area contributed by atoms with E-state index in [4.69, 9.17) is 4.42 Å². The number of rotatable bonds is 3. The average Bonchev–Trinajstić information content (AvgIpc) is 2.98. The van der Waals surface area contributed by atoms with Crippen LogP contribution in [-0.2, 0) is 0 Å². The molecule has 4 rings (SSSR count). The zero-order valence-electron chi connectivity index (χ0n) is 15.4. The van der Waals surface area contributed by atoms with E-state index in [-0.39, 0.29) is 5.54 Å². The van der Waals surface area contributed by atoms with Crippen molar-refractivity contribution >= 4 is 32.7 Å². The quantitative estimate of drug-likeness (QED) is 0.481. The molecular formula is C23H25NO. The van der Waals surface area contributed by atoms with Crippen molar-refractivity contribution in [2.45, 2.75) is 39.2 Å². The first-order valence-corrected chi connectivity index (χ1v) is 9.02. The molecule has 0 saturated heterocycles. The van der Waals surface area contributed by atoms with Crippen LogP contribution in [0.4, 0.5) is 0 Å². The average molecular weight is 331 g/mol. The molecule has 1 atom stereocenters. The van der Waals surface area contributed by atoms with Gasteiger partial charge in [-0.3, -0.25) is 0 Å². The molecule has 4 aromatic rings. The predicted molar refractivity (Wildman–Crippen MR) is 107 cm³/mol. The second kappa shape index (κ2) is 5.89. The number of hydrogen-bond donors (Lipinski definition) is 1. The van der Waals surface area contributed by atoms with Gasteiger partial charge in [-0.15, -0.1) is 0 Å². The number of nitrogens with one attached hydrogen (secondary N) is 1. The molecule has 0 aliphatic heterocycles. The maximum absolute atomic E-state index is 6.32. The molecule has 0 aliphatic rings. The minimum Gasteiger partial charge on any atom is -0.456 e. The Labute approximate surface area is 148 Å². The molecule has 0 aliphatic carbocycles. The van der Waals surface area contributed by atoms with Crippen LogP contribution in [0.5, 0.6) is 0 Å². The molecule has 25 heavy (non-hydrogen) atoms. The SMILES string of the molecule is CC(CNC(C)(C)C)c1cc2ccccc2c2c1oc1ccccc12. The fourth-order valence-electron chi connectivity index (χ4n) is 3.54. The van der Waals surface area contributed by atoms with E-state index in [0.717, 1.165) is 17.7 Å². The highest BCUT2D eigenvalue weighted by molar-refractivity contribution is 6.19. The van der Waals surface area contributed by atoms with Crippen LogP contribution in [0.2, 0.25) is 0 Å². The van der Waals surface area contributed by atoms with Crippen molar-refractivity contribution in [3.05, 3.63) is 60.2 Å². The fourth-order valence-corrected chi connectivity index (χ4v) is 3.54. The molecule has 3 aromatic carbocycles. The summed E-state index contributed by atoms with van der Waals surface area (Å²) >= 11 is 0. The first-order valence-electron chi connectivity index (χ1n) is 9.02. The van der Waals surface area contributed by atoms with Gasteiger partial charge in [0, 0.05) is 28.4 Å². The zero-order chi connectivity index (χ0) is 17.6. The van der Waals surface area contributed by atoms with Crippen molar-refractivity contribution in [3.63, 3.8) is 0 Å². The Morgan fingerprint density at radius 1 is 0.960 bits per heavy atom. The van der Waals surface area contributed by atoms with E-state index in [1.807, 2.05) is 6.07 Å². The van der Waals surface area contributed by atoms with E-state index >= 15 is 0 Å². The van der Waals surface area contributed by atoms with E-state index in [1.165, 1.54) is 27.1 Å². The number of fused-ring (bicyclic) bond motifs is 5. The van der Waals surface area contributed by atoms with Crippen LogP contribution in [0, 0.1) is 0 Å². The molecule has 0 amide bonds. The van der Waals surface area contributed by atoms with Gasteiger partial charge in [0.2, 0.25) is 0 Å². The van der Waals surface area contributed by atoms with E-state index in [0.29, 0.717) is 5.92 Å². The van der Waals surface area contributed by atoms with Gasteiger partial charge in [0.1, 0.15) is 11.2 Å². The monoisotopic (exact) mass is 331 g/mol. The molecule has 0 spiro atoms. The van der Waals surface area contributed by atoms with E-state index in [9.17, 15) is 0 Å². The standard InChI is InChI=1S/C23H25NO/c1-15(14-24-23(2,3)4)19-13-16-9-5-6-10-17(16)21-18-11-7-8-12-20(18)25-22(19)21/h5-13,15,24H,14H2,1-4H3. The Kier molecular flexibility index (Phi) is 3.81. The van der Waals surface area contributed by atoms with E-state index in [2.05, 4.69) is 81.5 Å². The third-order valence-corrected chi connectivity index (χ3v) is 4.87. The lowest BCUT2D eigenvalue weighted by atomic mass is 9.93. The van der Waals surface area contributed by atoms with Gasteiger partial charge in [-0.1, -0.05) is 49.4 Å². The van der Waals surface area contributed by atoms with E-state index in [1.54, 1.807) is 0 Å². The summed E-state index contributed by atoms with van der Waals surface area (Å²) in [5.41, 5.74) is 3.38. The summed E-state index contributed by atoms with van der Waals surface area (Å²) in [5.74, 6) is 0.367. The molecule has 128 valence electrons. The van der Waals surface area contributed by atoms with Crippen molar-refractivity contribution in [2.24, 2.45) is 0 Å². The summed E-state index contributed by atoms with van der Waals surface area (Å²) < 4.78 is 6.32. The smallest absolute Gasteiger partial charge is 0.139 e. The Bertz CT molecular complexity index is 1050. The topological polar surface area (TPSA) is 25.2 Å². The molecule has 2 heteroatoms. The van der Waals surface area contributed by atoms with Gasteiger partial charge in [-0.25, -0.2) is 0 Å². The summed E-state index contributed by atoms with van der Waals surface area (Å²) in [6.45, 7) is 9.81. The van der Waals surface area contributed by atoms with Gasteiger partial charge in [0.05, 0.1) is 0 Å². The summed E-state index contributed by atoms with van der Waals surface area (Å²) in [7, 11) is 0. The van der Waals surface area contributed by atoms with Crippen molar-refractivity contribution in [1.29, 1.82) is 0 Å². The number of furan rings is 1. The first-order chi connectivity index (χ1) is 11.9. The third-order valence-electron chi connectivity index (χ3n) is 4.87. The lowest BCUT2D eigenvalue weighted by Crippen LogP contribution is -2.38. The van der Waals surface area contributed by atoms with Crippen LogP contribution >= 0.6 is 0 Å². The largest absolute Gasteiger partial charge is 0.456 e. The lowest BCUT2D eigenvalue weighted by molar-refractivity contribution is 0.412. The minimum absolute atomic E-state index is 0.109. The van der Waals surface area contributed by atoms with Crippen LogP contribution in [0.25, 0.3) is 32.7 Å². The number of para-hydroxylation sites is 1. The zero-order valence-corrected chi connectivity index (χ0v) is 15.4. The number of benzene rings is 3. The maximum atomic E-state index is 6.32. The highest BCUT2D eigenvalue weighted by Crippen LogP contribution is 2.39. The molecule has 0 fully saturated rings. The van der Waals surface area contributed by atoms with Crippen molar-refractivity contribution in [3.8, 4) is 0 Å². The highest BCUT2D eigenvalue weighted by atomic mass is 16.3. The summed E-state index contributed by atoms with van der Waals surface area (Å²) in [5, 5.41) is 8.61. The van der Waals surface area contributed by atoms with Crippen LogP contribution in [0.3, 0.4) is 0 Å². The highest BCUT2D eigenvalue weighted by Gasteiger charge is 2.19. The van der Waals surface area contributed by atoms with Gasteiger partial charge >= 0.3 is 0 Å². The van der Waals surface area contributed by atoms with Crippen LogP contribution in [-0.4, -0.2) is 12.1 Å².